The summed E-state index contributed by atoms with van der Waals surface area (Å²) in [7, 11) is 0. The lowest BCUT2D eigenvalue weighted by Crippen LogP contribution is -2.19. The molecule has 1 aromatic heterocycles. The van der Waals surface area contributed by atoms with E-state index in [0.29, 0.717) is 11.7 Å². The molecule has 4 nitrogen and oxygen atoms in total. The molecule has 0 unspecified atom stereocenters. The zero-order valence-corrected chi connectivity index (χ0v) is 12.9. The van der Waals surface area contributed by atoms with Crippen molar-refractivity contribution in [3.8, 4) is 11.3 Å². The number of nitrogens with zero attached hydrogens (tertiary/aromatic N) is 2. The van der Waals surface area contributed by atoms with Crippen molar-refractivity contribution in [2.45, 2.75) is 38.0 Å². The van der Waals surface area contributed by atoms with E-state index >= 15 is 0 Å². The van der Waals surface area contributed by atoms with E-state index in [1.54, 1.807) is 4.68 Å². The summed E-state index contributed by atoms with van der Waals surface area (Å²) < 4.78 is 2.62. The van der Waals surface area contributed by atoms with Crippen LogP contribution in [0.15, 0.2) is 28.7 Å². The van der Waals surface area contributed by atoms with E-state index in [1.807, 2.05) is 24.3 Å². The van der Waals surface area contributed by atoms with Crippen LogP contribution in [0.4, 0.5) is 5.82 Å². The van der Waals surface area contributed by atoms with Crippen LogP contribution in [0.2, 0.25) is 0 Å². The maximum absolute atomic E-state index is 6.14. The molecule has 1 fully saturated rings. The molecule has 0 saturated heterocycles. The van der Waals surface area contributed by atoms with E-state index in [4.69, 9.17) is 16.6 Å². The number of aromatic nitrogens is 2. The second-order valence-corrected chi connectivity index (χ2v) is 6.33. The highest BCUT2D eigenvalue weighted by Gasteiger charge is 2.23. The van der Waals surface area contributed by atoms with Gasteiger partial charge in [-0.25, -0.2) is 9.66 Å². The highest BCUT2D eigenvalue weighted by atomic mass is 79.9. The van der Waals surface area contributed by atoms with Crippen molar-refractivity contribution in [2.24, 2.45) is 0 Å². The third-order valence-electron chi connectivity index (χ3n) is 4.06. The summed E-state index contributed by atoms with van der Waals surface area (Å²) in [6.07, 6.45) is 6.15. The van der Waals surface area contributed by atoms with Crippen LogP contribution in [0.1, 0.15) is 43.8 Å². The molecule has 0 amide bonds. The predicted octanol–water partition coefficient (Wildman–Crippen LogP) is 3.66. The van der Waals surface area contributed by atoms with Gasteiger partial charge in [-0.15, -0.1) is 0 Å². The van der Waals surface area contributed by atoms with Crippen molar-refractivity contribution in [1.82, 2.24) is 9.66 Å². The lowest BCUT2D eigenvalue weighted by Gasteiger charge is -2.20. The summed E-state index contributed by atoms with van der Waals surface area (Å²) in [5.41, 5.74) is 7.94. The first kappa shape index (κ1) is 13.5. The maximum atomic E-state index is 6.14. The van der Waals surface area contributed by atoms with Gasteiger partial charge in [0.1, 0.15) is 11.5 Å². The molecule has 5 heteroatoms. The Hall–Kier alpha value is -1.49. The number of nitrogen functional groups attached to an aromatic ring is 2. The van der Waals surface area contributed by atoms with Crippen LogP contribution < -0.4 is 11.6 Å². The van der Waals surface area contributed by atoms with Crippen molar-refractivity contribution >= 4 is 21.7 Å². The Balaban J connectivity index is 1.98. The van der Waals surface area contributed by atoms with E-state index in [2.05, 4.69) is 15.9 Å². The number of halogens is 1. The third-order valence-corrected chi connectivity index (χ3v) is 4.59. The fourth-order valence-electron chi connectivity index (χ4n) is 2.93. The average molecular weight is 335 g/mol. The van der Waals surface area contributed by atoms with Crippen molar-refractivity contribution in [3.05, 3.63) is 34.6 Å². The van der Waals surface area contributed by atoms with Crippen LogP contribution in [-0.4, -0.2) is 9.66 Å². The molecular weight excluding hydrogens is 316 g/mol. The number of rotatable bonds is 2. The van der Waals surface area contributed by atoms with Gasteiger partial charge in [-0.05, 0) is 25.0 Å². The molecule has 0 spiro atoms. The molecule has 106 valence electrons. The molecule has 4 N–H and O–H groups in total. The Bertz CT molecular complexity index is 597. The van der Waals surface area contributed by atoms with Gasteiger partial charge in [-0.2, -0.15) is 0 Å². The van der Waals surface area contributed by atoms with Gasteiger partial charge in [0.2, 0.25) is 0 Å². The third kappa shape index (κ3) is 2.42. The van der Waals surface area contributed by atoms with E-state index in [0.717, 1.165) is 34.4 Å². The van der Waals surface area contributed by atoms with Crippen molar-refractivity contribution < 1.29 is 0 Å². The summed E-state index contributed by atoms with van der Waals surface area (Å²) in [6.45, 7) is 0. The minimum atomic E-state index is 0.445. The Kier molecular flexibility index (Phi) is 3.70. The zero-order chi connectivity index (χ0) is 14.1. The van der Waals surface area contributed by atoms with Gasteiger partial charge in [-0.1, -0.05) is 47.3 Å². The van der Waals surface area contributed by atoms with Crippen molar-refractivity contribution in [1.29, 1.82) is 0 Å². The Labute approximate surface area is 127 Å². The lowest BCUT2D eigenvalue weighted by atomic mass is 9.89. The molecule has 3 rings (SSSR count). The van der Waals surface area contributed by atoms with E-state index in [1.165, 1.54) is 19.3 Å². The second kappa shape index (κ2) is 5.48. The van der Waals surface area contributed by atoms with Crippen molar-refractivity contribution in [2.75, 3.05) is 11.6 Å². The fraction of sp³-hybridized carbons (Fsp3) is 0.400. The first-order chi connectivity index (χ1) is 9.66. The SMILES string of the molecule is Nc1c(-c2ccc(Br)cc2)nc(C2CCCCC2)n1N. The van der Waals surface area contributed by atoms with Gasteiger partial charge in [0.25, 0.3) is 0 Å². The molecule has 2 aromatic rings. The Morgan fingerprint density at radius 1 is 1.10 bits per heavy atom. The first-order valence-electron chi connectivity index (χ1n) is 7.06. The minimum Gasteiger partial charge on any atom is -0.382 e. The van der Waals surface area contributed by atoms with Gasteiger partial charge in [0.05, 0.1) is 0 Å². The zero-order valence-electron chi connectivity index (χ0n) is 11.3. The summed E-state index contributed by atoms with van der Waals surface area (Å²) in [5, 5.41) is 0. The average Bonchev–Trinajstić information content (AvgIpc) is 2.77. The maximum Gasteiger partial charge on any atom is 0.150 e. The van der Waals surface area contributed by atoms with E-state index in [-0.39, 0.29) is 0 Å². The Morgan fingerprint density at radius 2 is 1.75 bits per heavy atom. The number of nitrogens with two attached hydrogens (primary N) is 2. The summed E-state index contributed by atoms with van der Waals surface area (Å²) in [4.78, 5) is 4.73. The number of benzene rings is 1. The molecule has 1 aliphatic carbocycles. The van der Waals surface area contributed by atoms with Crippen LogP contribution in [0.3, 0.4) is 0 Å². The molecule has 1 saturated carbocycles. The van der Waals surface area contributed by atoms with Crippen LogP contribution >= 0.6 is 15.9 Å². The van der Waals surface area contributed by atoms with Crippen LogP contribution in [0.25, 0.3) is 11.3 Å². The minimum absolute atomic E-state index is 0.445. The molecule has 1 aliphatic rings. The number of anilines is 1. The standard InChI is InChI=1S/C15H19BrN4/c16-12-8-6-10(7-9-12)13-14(17)20(18)15(19-13)11-4-2-1-3-5-11/h6-9,11H,1-5,17-18H2. The first-order valence-corrected chi connectivity index (χ1v) is 7.85. The van der Waals surface area contributed by atoms with Gasteiger partial charge in [0.15, 0.2) is 5.82 Å². The molecular formula is C15H19BrN4. The van der Waals surface area contributed by atoms with Gasteiger partial charge < -0.3 is 11.6 Å². The summed E-state index contributed by atoms with van der Waals surface area (Å²) in [5.74, 6) is 8.05. The monoisotopic (exact) mass is 334 g/mol. The molecule has 1 aromatic carbocycles. The van der Waals surface area contributed by atoms with Crippen LogP contribution in [0.5, 0.6) is 0 Å². The molecule has 0 bridgehead atoms. The van der Waals surface area contributed by atoms with Gasteiger partial charge in [0, 0.05) is 16.0 Å². The van der Waals surface area contributed by atoms with E-state index < -0.39 is 0 Å². The summed E-state index contributed by atoms with van der Waals surface area (Å²) in [6, 6.07) is 8.00. The second-order valence-electron chi connectivity index (χ2n) is 5.42. The molecule has 1 heterocycles. The lowest BCUT2D eigenvalue weighted by molar-refractivity contribution is 0.424. The highest BCUT2D eigenvalue weighted by Crippen LogP contribution is 2.35. The number of hydrogen-bond donors (Lipinski definition) is 2. The van der Waals surface area contributed by atoms with Gasteiger partial charge in [-0.3, -0.25) is 0 Å². The topological polar surface area (TPSA) is 69.9 Å². The van der Waals surface area contributed by atoms with Crippen molar-refractivity contribution in [3.63, 3.8) is 0 Å². The molecule has 0 atom stereocenters. The van der Waals surface area contributed by atoms with Gasteiger partial charge >= 0.3 is 0 Å². The van der Waals surface area contributed by atoms with Crippen LogP contribution in [-0.2, 0) is 0 Å². The Morgan fingerprint density at radius 3 is 2.40 bits per heavy atom. The van der Waals surface area contributed by atoms with E-state index in [9.17, 15) is 0 Å². The van der Waals surface area contributed by atoms with Crippen LogP contribution in [0, 0.1) is 0 Å². The fourth-order valence-corrected chi connectivity index (χ4v) is 3.20. The normalized spacial score (nSPS) is 16.4. The molecule has 0 aliphatic heterocycles. The quantitative estimate of drug-likeness (QED) is 0.823. The number of imidazole rings is 1. The largest absolute Gasteiger partial charge is 0.382 e. The highest BCUT2D eigenvalue weighted by molar-refractivity contribution is 9.10. The predicted molar refractivity (Wildman–Crippen MR) is 85.8 cm³/mol. The smallest absolute Gasteiger partial charge is 0.150 e. The molecule has 0 radical (unpaired) electrons. The molecule has 20 heavy (non-hydrogen) atoms. The number of hydrogen-bond acceptors (Lipinski definition) is 3. The summed E-state index contributed by atoms with van der Waals surface area (Å²) >= 11 is 3.44.